The second-order valence-electron chi connectivity index (χ2n) is 6.48. The van der Waals surface area contributed by atoms with Crippen molar-refractivity contribution in [3.05, 3.63) is 65.6 Å². The maximum atomic E-state index is 13.7. The number of halogens is 2. The van der Waals surface area contributed by atoms with Crippen molar-refractivity contribution in [2.45, 2.75) is 43.2 Å². The Morgan fingerprint density at radius 2 is 1.82 bits per heavy atom. The molecule has 0 radical (unpaired) electrons. The SMILES string of the molecule is CC(=O)Oc1nc(C(C)C)c(Sc2cc(F)cc(F)c2)n1Cc1ccncc1. The number of carbonyl (C=O) groups excluding carboxylic acids is 1. The average Bonchev–Trinajstić information content (AvgIpc) is 2.92. The third kappa shape index (κ3) is 4.75. The number of hydrogen-bond donors (Lipinski definition) is 0. The molecular weight excluding hydrogens is 384 g/mol. The third-order valence-electron chi connectivity index (χ3n) is 3.83. The van der Waals surface area contributed by atoms with Crippen LogP contribution in [-0.2, 0) is 11.3 Å². The number of pyridine rings is 1. The van der Waals surface area contributed by atoms with Gasteiger partial charge in [-0.2, -0.15) is 4.98 Å². The van der Waals surface area contributed by atoms with Crippen LogP contribution in [0.15, 0.2) is 52.6 Å². The minimum Gasteiger partial charge on any atom is -0.392 e. The van der Waals surface area contributed by atoms with E-state index in [-0.39, 0.29) is 11.9 Å². The Kier molecular flexibility index (Phi) is 6.08. The zero-order valence-electron chi connectivity index (χ0n) is 15.6. The van der Waals surface area contributed by atoms with Crippen LogP contribution >= 0.6 is 11.8 Å². The van der Waals surface area contributed by atoms with E-state index in [1.807, 2.05) is 26.0 Å². The molecule has 0 saturated heterocycles. The summed E-state index contributed by atoms with van der Waals surface area (Å²) in [6, 6.07) is 7.16. The van der Waals surface area contributed by atoms with Gasteiger partial charge in [0.2, 0.25) is 0 Å². The molecule has 2 heterocycles. The van der Waals surface area contributed by atoms with Gasteiger partial charge in [-0.1, -0.05) is 25.6 Å². The monoisotopic (exact) mass is 403 g/mol. The number of esters is 1. The van der Waals surface area contributed by atoms with Crippen LogP contribution in [-0.4, -0.2) is 20.5 Å². The van der Waals surface area contributed by atoms with Gasteiger partial charge in [0.25, 0.3) is 0 Å². The molecule has 0 unspecified atom stereocenters. The van der Waals surface area contributed by atoms with Crippen molar-refractivity contribution < 1.29 is 18.3 Å². The maximum absolute atomic E-state index is 13.7. The Labute approximate surface area is 165 Å². The first-order chi connectivity index (χ1) is 13.3. The Bertz CT molecular complexity index is 970. The van der Waals surface area contributed by atoms with Gasteiger partial charge in [-0.3, -0.25) is 14.3 Å². The quantitative estimate of drug-likeness (QED) is 0.553. The first-order valence-electron chi connectivity index (χ1n) is 8.65. The highest BCUT2D eigenvalue weighted by molar-refractivity contribution is 7.99. The average molecular weight is 403 g/mol. The lowest BCUT2D eigenvalue weighted by atomic mass is 10.1. The highest BCUT2D eigenvalue weighted by atomic mass is 32.2. The summed E-state index contributed by atoms with van der Waals surface area (Å²) in [5.74, 6) is -1.80. The molecule has 5 nitrogen and oxygen atoms in total. The number of imidazole rings is 1. The molecule has 1 aromatic carbocycles. The number of nitrogens with zero attached hydrogens (tertiary/aromatic N) is 3. The first kappa shape index (κ1) is 20.0. The van der Waals surface area contributed by atoms with Crippen molar-refractivity contribution >= 4 is 17.7 Å². The molecule has 3 rings (SSSR count). The molecule has 0 aliphatic carbocycles. The predicted molar refractivity (Wildman–Crippen MR) is 101 cm³/mol. The zero-order chi connectivity index (χ0) is 20.3. The van der Waals surface area contributed by atoms with Crippen LogP contribution in [0, 0.1) is 11.6 Å². The van der Waals surface area contributed by atoms with Crippen LogP contribution in [0.5, 0.6) is 6.01 Å². The summed E-state index contributed by atoms with van der Waals surface area (Å²) in [7, 11) is 0. The summed E-state index contributed by atoms with van der Waals surface area (Å²) in [6.07, 6.45) is 3.33. The Balaban J connectivity index is 2.11. The molecule has 28 heavy (non-hydrogen) atoms. The van der Waals surface area contributed by atoms with Crippen LogP contribution in [0.4, 0.5) is 8.78 Å². The van der Waals surface area contributed by atoms with E-state index in [1.165, 1.54) is 30.8 Å². The van der Waals surface area contributed by atoms with Crippen molar-refractivity contribution in [3.8, 4) is 6.01 Å². The summed E-state index contributed by atoms with van der Waals surface area (Å²) in [6.45, 7) is 5.57. The number of ether oxygens (including phenoxy) is 1. The van der Waals surface area contributed by atoms with E-state index >= 15 is 0 Å². The van der Waals surface area contributed by atoms with Gasteiger partial charge in [-0.25, -0.2) is 8.78 Å². The smallest absolute Gasteiger partial charge is 0.310 e. The summed E-state index contributed by atoms with van der Waals surface area (Å²) < 4.78 is 34.4. The summed E-state index contributed by atoms with van der Waals surface area (Å²) in [5, 5.41) is 0.660. The lowest BCUT2D eigenvalue weighted by Crippen LogP contribution is -2.10. The van der Waals surface area contributed by atoms with Crippen LogP contribution < -0.4 is 4.74 Å². The fourth-order valence-corrected chi connectivity index (χ4v) is 3.84. The van der Waals surface area contributed by atoms with Crippen molar-refractivity contribution in [1.29, 1.82) is 0 Å². The number of hydrogen-bond acceptors (Lipinski definition) is 5. The Morgan fingerprint density at radius 3 is 2.39 bits per heavy atom. The largest absolute Gasteiger partial charge is 0.392 e. The molecule has 3 aromatic rings. The van der Waals surface area contributed by atoms with Gasteiger partial charge in [0, 0.05) is 30.3 Å². The molecule has 0 N–H and O–H groups in total. The molecule has 0 saturated carbocycles. The fraction of sp³-hybridized carbons (Fsp3) is 0.250. The van der Waals surface area contributed by atoms with Gasteiger partial charge in [0.05, 0.1) is 12.2 Å². The molecule has 0 bridgehead atoms. The second kappa shape index (κ2) is 8.52. The standard InChI is InChI=1S/C20H19F2N3O2S/c1-12(2)18-19(28-17-9-15(21)8-16(22)10-17)25(20(24-18)27-13(3)26)11-14-4-6-23-7-5-14/h4-10,12H,11H2,1-3H3. The van der Waals surface area contributed by atoms with E-state index < -0.39 is 17.6 Å². The summed E-state index contributed by atoms with van der Waals surface area (Å²) in [4.78, 5) is 20.4. The lowest BCUT2D eigenvalue weighted by molar-refractivity contribution is -0.132. The number of carbonyl (C=O) groups is 1. The number of benzene rings is 1. The topological polar surface area (TPSA) is 57.0 Å². The fourth-order valence-electron chi connectivity index (χ4n) is 2.64. The van der Waals surface area contributed by atoms with Crippen LogP contribution in [0.3, 0.4) is 0 Å². The van der Waals surface area contributed by atoms with Crippen LogP contribution in [0.1, 0.15) is 37.9 Å². The summed E-state index contributed by atoms with van der Waals surface area (Å²) in [5.41, 5.74) is 1.60. The van der Waals surface area contributed by atoms with E-state index in [9.17, 15) is 13.6 Å². The van der Waals surface area contributed by atoms with Crippen LogP contribution in [0.2, 0.25) is 0 Å². The van der Waals surface area contributed by atoms with E-state index in [0.29, 0.717) is 22.2 Å². The summed E-state index contributed by atoms with van der Waals surface area (Å²) >= 11 is 1.18. The van der Waals surface area contributed by atoms with Crippen molar-refractivity contribution in [2.75, 3.05) is 0 Å². The van der Waals surface area contributed by atoms with Crippen molar-refractivity contribution in [1.82, 2.24) is 14.5 Å². The molecule has 0 aliphatic rings. The number of aromatic nitrogens is 3. The highest BCUT2D eigenvalue weighted by Gasteiger charge is 2.23. The molecule has 0 spiro atoms. The van der Waals surface area contributed by atoms with Gasteiger partial charge < -0.3 is 4.74 Å². The lowest BCUT2D eigenvalue weighted by Gasteiger charge is -2.13. The van der Waals surface area contributed by atoms with Crippen molar-refractivity contribution in [2.24, 2.45) is 0 Å². The zero-order valence-corrected chi connectivity index (χ0v) is 16.5. The van der Waals surface area contributed by atoms with Crippen molar-refractivity contribution in [3.63, 3.8) is 0 Å². The van der Waals surface area contributed by atoms with E-state index in [1.54, 1.807) is 17.0 Å². The molecule has 0 aliphatic heterocycles. The predicted octanol–water partition coefficient (Wildman–Crippen LogP) is 4.80. The molecule has 0 amide bonds. The van der Waals surface area contributed by atoms with E-state index in [0.717, 1.165) is 11.6 Å². The normalized spacial score (nSPS) is 11.1. The molecule has 8 heteroatoms. The molecular formula is C20H19F2N3O2S. The maximum Gasteiger partial charge on any atom is 0.310 e. The van der Waals surface area contributed by atoms with Gasteiger partial charge in [0.15, 0.2) is 0 Å². The molecule has 2 aromatic heterocycles. The molecule has 0 fully saturated rings. The second-order valence-corrected chi connectivity index (χ2v) is 7.54. The third-order valence-corrected chi connectivity index (χ3v) is 4.93. The minimum absolute atomic E-state index is 0.00824. The van der Waals surface area contributed by atoms with Gasteiger partial charge in [-0.05, 0) is 35.7 Å². The molecule has 146 valence electrons. The Hall–Kier alpha value is -2.74. The molecule has 0 atom stereocenters. The van der Waals surface area contributed by atoms with Gasteiger partial charge >= 0.3 is 12.0 Å². The highest BCUT2D eigenvalue weighted by Crippen LogP contribution is 2.38. The minimum atomic E-state index is -0.658. The van der Waals surface area contributed by atoms with Gasteiger partial charge in [-0.15, -0.1) is 0 Å². The van der Waals surface area contributed by atoms with Gasteiger partial charge in [0.1, 0.15) is 16.7 Å². The van der Waals surface area contributed by atoms with E-state index in [4.69, 9.17) is 4.74 Å². The Morgan fingerprint density at radius 1 is 1.18 bits per heavy atom. The van der Waals surface area contributed by atoms with E-state index in [2.05, 4.69) is 9.97 Å². The number of rotatable bonds is 6. The van der Waals surface area contributed by atoms with Crippen LogP contribution in [0.25, 0.3) is 0 Å². The first-order valence-corrected chi connectivity index (χ1v) is 9.47.